The number of likely N-dealkylation sites (N-methyl/N-ethyl adjacent to an activating group) is 1. The van der Waals surface area contributed by atoms with Crippen LogP contribution >= 0.6 is 0 Å². The molecule has 3 fully saturated rings. The van der Waals surface area contributed by atoms with Gasteiger partial charge in [0, 0.05) is 24.3 Å². The van der Waals surface area contributed by atoms with Crippen molar-refractivity contribution in [2.75, 3.05) is 33.0 Å². The number of fused-ring (bicyclic) bond motifs is 3. The van der Waals surface area contributed by atoms with Crippen molar-refractivity contribution in [3.8, 4) is 16.9 Å². The van der Waals surface area contributed by atoms with E-state index in [9.17, 15) is 5.11 Å². The van der Waals surface area contributed by atoms with Gasteiger partial charge in [0.2, 0.25) is 0 Å². The molecule has 6 rings (SSSR count). The van der Waals surface area contributed by atoms with Crippen LogP contribution in [0.3, 0.4) is 0 Å². The third-order valence-electron chi connectivity index (χ3n) is 7.78. The molecule has 3 aromatic rings. The fourth-order valence-electron chi connectivity index (χ4n) is 6.19. The molecule has 0 amide bonds. The Balaban J connectivity index is 1.29. The summed E-state index contributed by atoms with van der Waals surface area (Å²) in [5.74, 6) is 1.29. The molecule has 1 saturated carbocycles. The molecule has 0 atom stereocenters. The molecule has 2 aliphatic heterocycles. The Morgan fingerprint density at radius 3 is 2.74 bits per heavy atom. The minimum absolute atomic E-state index is 0.109. The van der Waals surface area contributed by atoms with Crippen LogP contribution in [0, 0.1) is 0 Å². The van der Waals surface area contributed by atoms with E-state index in [0.29, 0.717) is 37.9 Å². The summed E-state index contributed by atoms with van der Waals surface area (Å²) < 4.78 is 14.6. The van der Waals surface area contributed by atoms with E-state index in [1.165, 1.54) is 6.33 Å². The lowest BCUT2D eigenvalue weighted by molar-refractivity contribution is -0.0803. The van der Waals surface area contributed by atoms with E-state index in [-0.39, 0.29) is 11.6 Å². The number of hydrogen-bond donors (Lipinski definition) is 2. The molecular formula is C26H33N5O3. The van der Waals surface area contributed by atoms with Crippen LogP contribution in [0.4, 0.5) is 5.82 Å². The fourth-order valence-corrected chi connectivity index (χ4v) is 6.19. The molecule has 3 aliphatic rings. The van der Waals surface area contributed by atoms with E-state index >= 15 is 0 Å². The summed E-state index contributed by atoms with van der Waals surface area (Å²) in [5, 5.41) is 11.7. The molecule has 3 N–H and O–H groups in total. The van der Waals surface area contributed by atoms with Crippen LogP contribution in [-0.2, 0) is 4.74 Å². The second-order valence-electron chi connectivity index (χ2n) is 10.7. The lowest BCUT2D eigenvalue weighted by Gasteiger charge is -2.45. The molecule has 1 aliphatic carbocycles. The maximum atomic E-state index is 10.9. The van der Waals surface area contributed by atoms with Crippen molar-refractivity contribution in [2.45, 2.75) is 61.9 Å². The molecule has 0 radical (unpaired) electrons. The van der Waals surface area contributed by atoms with Gasteiger partial charge in [0.05, 0.1) is 17.1 Å². The van der Waals surface area contributed by atoms with Crippen molar-refractivity contribution in [1.82, 2.24) is 19.4 Å². The Morgan fingerprint density at radius 1 is 1.24 bits per heavy atom. The van der Waals surface area contributed by atoms with Gasteiger partial charge in [0.15, 0.2) is 0 Å². The number of nitrogens with two attached hydrogens (primary N) is 1. The molecular weight excluding hydrogens is 430 g/mol. The number of ether oxygens (including phenoxy) is 2. The Kier molecular flexibility index (Phi) is 5.09. The van der Waals surface area contributed by atoms with Crippen molar-refractivity contribution in [3.63, 3.8) is 0 Å². The summed E-state index contributed by atoms with van der Waals surface area (Å²) >= 11 is 0. The average molecular weight is 464 g/mol. The van der Waals surface area contributed by atoms with Crippen molar-refractivity contribution in [3.05, 3.63) is 36.8 Å². The molecule has 34 heavy (non-hydrogen) atoms. The number of rotatable bonds is 7. The summed E-state index contributed by atoms with van der Waals surface area (Å²) in [7, 11) is 3.97. The van der Waals surface area contributed by atoms with Gasteiger partial charge in [0.1, 0.15) is 35.7 Å². The Labute approximate surface area is 199 Å². The molecule has 8 nitrogen and oxygen atoms in total. The molecule has 4 heterocycles. The summed E-state index contributed by atoms with van der Waals surface area (Å²) in [6.45, 7) is 1.24. The van der Waals surface area contributed by atoms with Crippen LogP contribution in [0.5, 0.6) is 5.75 Å². The highest BCUT2D eigenvalue weighted by Crippen LogP contribution is 2.46. The van der Waals surface area contributed by atoms with E-state index in [0.717, 1.165) is 53.6 Å². The van der Waals surface area contributed by atoms with Gasteiger partial charge >= 0.3 is 0 Å². The molecule has 8 heteroatoms. The lowest BCUT2D eigenvalue weighted by atomic mass is 9.75. The maximum Gasteiger partial charge on any atom is 0.146 e. The van der Waals surface area contributed by atoms with E-state index in [2.05, 4.69) is 32.9 Å². The van der Waals surface area contributed by atoms with Gasteiger partial charge in [-0.15, -0.1) is 0 Å². The minimum Gasteiger partial charge on any atom is -0.491 e. The van der Waals surface area contributed by atoms with Crippen molar-refractivity contribution >= 4 is 16.9 Å². The molecule has 2 saturated heterocycles. The van der Waals surface area contributed by atoms with E-state index < -0.39 is 5.60 Å². The zero-order valence-electron chi connectivity index (χ0n) is 19.9. The predicted octanol–water partition coefficient (Wildman–Crippen LogP) is 3.40. The van der Waals surface area contributed by atoms with Gasteiger partial charge in [-0.1, -0.05) is 12.1 Å². The Morgan fingerprint density at radius 2 is 2.03 bits per heavy atom. The number of nitrogens with zero attached hydrogens (tertiary/aromatic N) is 4. The number of aromatic nitrogens is 3. The highest BCUT2D eigenvalue weighted by atomic mass is 16.6. The fraction of sp³-hybridized carbons (Fsp3) is 0.538. The molecule has 2 aromatic heterocycles. The van der Waals surface area contributed by atoms with Crippen LogP contribution in [0.25, 0.3) is 22.2 Å². The first-order valence-electron chi connectivity index (χ1n) is 12.2. The van der Waals surface area contributed by atoms with Crippen LogP contribution in [0.15, 0.2) is 36.8 Å². The molecule has 1 aromatic carbocycles. The lowest BCUT2D eigenvalue weighted by Crippen LogP contribution is -2.51. The van der Waals surface area contributed by atoms with E-state index in [1.807, 2.05) is 31.1 Å². The zero-order chi connectivity index (χ0) is 23.5. The third-order valence-corrected chi connectivity index (χ3v) is 7.78. The van der Waals surface area contributed by atoms with Gasteiger partial charge < -0.3 is 29.8 Å². The van der Waals surface area contributed by atoms with Crippen LogP contribution in [-0.4, -0.2) is 69.1 Å². The van der Waals surface area contributed by atoms with Crippen LogP contribution in [0.2, 0.25) is 0 Å². The first-order chi connectivity index (χ1) is 16.3. The SMILES string of the molecule is CN(C)CC1(O)CC(n2cc(-c3cccc(OCC45CCC(CC4)O5)c3)c3c(N)ncnc32)C1. The average Bonchev–Trinajstić information content (AvgIpc) is 3.50. The predicted molar refractivity (Wildman–Crippen MR) is 131 cm³/mol. The molecule has 0 unspecified atom stereocenters. The summed E-state index contributed by atoms with van der Waals surface area (Å²) in [6, 6.07) is 8.30. The van der Waals surface area contributed by atoms with Gasteiger partial charge in [-0.25, -0.2) is 9.97 Å². The number of nitrogen functional groups attached to an aromatic ring is 1. The van der Waals surface area contributed by atoms with E-state index in [1.54, 1.807) is 0 Å². The highest BCUT2D eigenvalue weighted by Gasteiger charge is 2.47. The quantitative estimate of drug-likeness (QED) is 0.554. The number of anilines is 1. The van der Waals surface area contributed by atoms with Crippen molar-refractivity contribution in [1.29, 1.82) is 0 Å². The molecule has 180 valence electrons. The topological polar surface area (TPSA) is 98.7 Å². The number of benzene rings is 1. The smallest absolute Gasteiger partial charge is 0.146 e. The number of aliphatic hydroxyl groups is 1. The van der Waals surface area contributed by atoms with Crippen LogP contribution in [0.1, 0.15) is 44.6 Å². The normalized spacial score (nSPS) is 30.2. The van der Waals surface area contributed by atoms with Gasteiger partial charge in [0.25, 0.3) is 0 Å². The summed E-state index contributed by atoms with van der Waals surface area (Å²) in [5.41, 5.74) is 8.36. The summed E-state index contributed by atoms with van der Waals surface area (Å²) in [6.07, 6.45) is 9.87. The van der Waals surface area contributed by atoms with Crippen molar-refractivity contribution in [2.24, 2.45) is 0 Å². The van der Waals surface area contributed by atoms with Gasteiger partial charge in [-0.3, -0.25) is 0 Å². The van der Waals surface area contributed by atoms with Crippen LogP contribution < -0.4 is 10.5 Å². The largest absolute Gasteiger partial charge is 0.491 e. The zero-order valence-corrected chi connectivity index (χ0v) is 19.9. The Bertz CT molecular complexity index is 1210. The molecule has 0 spiro atoms. The first kappa shape index (κ1) is 21.8. The van der Waals surface area contributed by atoms with E-state index in [4.69, 9.17) is 15.2 Å². The number of hydrogen-bond acceptors (Lipinski definition) is 7. The maximum absolute atomic E-state index is 10.9. The van der Waals surface area contributed by atoms with Gasteiger partial charge in [-0.05, 0) is 70.3 Å². The van der Waals surface area contributed by atoms with Crippen molar-refractivity contribution < 1.29 is 14.6 Å². The third kappa shape index (κ3) is 3.74. The second kappa shape index (κ2) is 7.93. The molecule has 2 bridgehead atoms. The first-order valence-corrected chi connectivity index (χ1v) is 12.2. The monoisotopic (exact) mass is 463 g/mol. The Hall–Kier alpha value is -2.68. The second-order valence-corrected chi connectivity index (χ2v) is 10.7. The highest BCUT2D eigenvalue weighted by molar-refractivity contribution is 6.00. The summed E-state index contributed by atoms with van der Waals surface area (Å²) in [4.78, 5) is 10.9. The standard InChI is InChI=1S/C26H33N5O3/c1-30(2)14-25(32)11-18(12-25)31-13-21(22-23(27)28-16-29-24(22)31)17-4-3-5-20(10-17)33-15-26-8-6-19(34-26)7-9-26/h3-5,10,13,16,18-19,32H,6-9,11-12,14-15H2,1-2H3,(H2,27,28,29). The van der Waals surface area contributed by atoms with Gasteiger partial charge in [-0.2, -0.15) is 0 Å². The minimum atomic E-state index is -0.668.